The van der Waals surface area contributed by atoms with Crippen LogP contribution in [0.4, 0.5) is 5.82 Å². The van der Waals surface area contributed by atoms with Gasteiger partial charge >= 0.3 is 0 Å². The summed E-state index contributed by atoms with van der Waals surface area (Å²) < 4.78 is 8.23. The van der Waals surface area contributed by atoms with Crippen LogP contribution in [0.5, 0.6) is 0 Å². The predicted octanol–water partition coefficient (Wildman–Crippen LogP) is 4.05. The molecule has 0 atom stereocenters. The fraction of sp³-hybridized carbons (Fsp3) is 0.462. The third-order valence-electron chi connectivity index (χ3n) is 2.22. The first-order chi connectivity index (χ1) is 8.11. The average Bonchev–Trinajstić information content (AvgIpc) is 2.13. The van der Waals surface area contributed by atoms with E-state index in [-0.39, 0.29) is 0 Å². The molecule has 0 unspecified atom stereocenters. The van der Waals surface area contributed by atoms with Crippen molar-refractivity contribution in [2.75, 3.05) is 4.57 Å². The zero-order valence-electron chi connectivity index (χ0n) is 12.3. The minimum atomic E-state index is -1.64. The summed E-state index contributed by atoms with van der Waals surface area (Å²) in [4.78, 5) is 4.43. The molecule has 0 saturated heterocycles. The fourth-order valence-corrected chi connectivity index (χ4v) is 4.23. The highest BCUT2D eigenvalue weighted by Gasteiger charge is 2.30. The van der Waals surface area contributed by atoms with Crippen molar-refractivity contribution in [1.82, 2.24) is 4.98 Å². The minimum absolute atomic E-state index is 0.743. The molecule has 1 rings (SSSR count). The van der Waals surface area contributed by atoms with Gasteiger partial charge in [-0.2, -0.15) is 0 Å². The number of rotatable bonds is 5. The van der Waals surface area contributed by atoms with Gasteiger partial charge in [-0.15, -0.1) is 0 Å². The normalized spacial score (nSPS) is 12.1. The van der Waals surface area contributed by atoms with Gasteiger partial charge in [0, 0.05) is 6.20 Å². The van der Waals surface area contributed by atoms with E-state index in [4.69, 9.17) is 4.43 Å². The van der Waals surface area contributed by atoms with Crippen molar-refractivity contribution in [1.29, 1.82) is 0 Å². The summed E-state index contributed by atoms with van der Waals surface area (Å²) in [6.07, 6.45) is 1.81. The summed E-state index contributed by atoms with van der Waals surface area (Å²) >= 11 is 0. The Bertz CT molecular complexity index is 407. The molecule has 1 aromatic heterocycles. The van der Waals surface area contributed by atoms with Gasteiger partial charge in [-0.05, 0) is 38.4 Å². The van der Waals surface area contributed by atoms with Crippen molar-refractivity contribution in [2.24, 2.45) is 0 Å². The monoisotopic (exact) mass is 280 g/mol. The van der Waals surface area contributed by atoms with Crippen LogP contribution in [0.3, 0.4) is 0 Å². The van der Waals surface area contributed by atoms with Crippen molar-refractivity contribution < 1.29 is 4.43 Å². The van der Waals surface area contributed by atoms with Gasteiger partial charge in [0.2, 0.25) is 8.32 Å². The maximum absolute atomic E-state index is 6.05. The Labute approximate surface area is 113 Å². The SMILES string of the molecule is C=C(O[Si](C)(C)C)N(c1ccccn1)[Si](C)(C)C. The van der Waals surface area contributed by atoms with Crippen molar-refractivity contribution in [2.45, 2.75) is 39.3 Å². The first-order valence-corrected chi connectivity index (χ1v) is 13.1. The smallest absolute Gasteiger partial charge is 0.244 e. The second kappa shape index (κ2) is 5.28. The number of hydrogen-bond donors (Lipinski definition) is 0. The van der Waals surface area contributed by atoms with Gasteiger partial charge in [0.15, 0.2) is 14.1 Å². The van der Waals surface area contributed by atoms with E-state index in [2.05, 4.69) is 55.4 Å². The van der Waals surface area contributed by atoms with Crippen LogP contribution in [-0.4, -0.2) is 21.5 Å². The maximum Gasteiger partial charge on any atom is 0.244 e. The van der Waals surface area contributed by atoms with Crippen molar-refractivity contribution >= 4 is 22.4 Å². The van der Waals surface area contributed by atoms with E-state index in [1.54, 1.807) is 0 Å². The lowest BCUT2D eigenvalue weighted by atomic mass is 10.5. The maximum atomic E-state index is 6.05. The quantitative estimate of drug-likeness (QED) is 0.601. The van der Waals surface area contributed by atoms with Crippen molar-refractivity contribution in [3.05, 3.63) is 36.9 Å². The lowest BCUT2D eigenvalue weighted by Crippen LogP contribution is -2.48. The minimum Gasteiger partial charge on any atom is -0.533 e. The van der Waals surface area contributed by atoms with Crippen molar-refractivity contribution in [3.8, 4) is 0 Å². The number of pyridine rings is 1. The third kappa shape index (κ3) is 4.31. The van der Waals surface area contributed by atoms with Crippen LogP contribution in [0.15, 0.2) is 36.9 Å². The standard InChI is InChI=1S/C13H24N2OSi2/c1-12(16-18(5,6)7)15(17(2,3)4)13-10-8-9-11-14-13/h8-11H,1H2,2-7H3. The number of anilines is 1. The Morgan fingerprint density at radius 3 is 2.17 bits per heavy atom. The largest absolute Gasteiger partial charge is 0.533 e. The molecule has 0 fully saturated rings. The Morgan fingerprint density at radius 1 is 1.17 bits per heavy atom. The van der Waals surface area contributed by atoms with Crippen LogP contribution in [0, 0.1) is 0 Å². The van der Waals surface area contributed by atoms with Gasteiger partial charge in [0.25, 0.3) is 0 Å². The highest BCUT2D eigenvalue weighted by molar-refractivity contribution is 6.80. The Kier molecular flexibility index (Phi) is 4.39. The first-order valence-electron chi connectivity index (χ1n) is 6.20. The summed E-state index contributed by atoms with van der Waals surface area (Å²) in [5.41, 5.74) is 0. The zero-order valence-corrected chi connectivity index (χ0v) is 14.3. The molecule has 1 aromatic rings. The summed E-state index contributed by atoms with van der Waals surface area (Å²) in [6, 6.07) is 5.93. The van der Waals surface area contributed by atoms with Gasteiger partial charge in [-0.1, -0.05) is 25.7 Å². The number of hydrogen-bond acceptors (Lipinski definition) is 3. The number of nitrogens with zero attached hydrogens (tertiary/aromatic N) is 2. The highest BCUT2D eigenvalue weighted by atomic mass is 28.4. The van der Waals surface area contributed by atoms with Crippen LogP contribution in [0.1, 0.15) is 0 Å². The molecule has 0 saturated carbocycles. The van der Waals surface area contributed by atoms with Gasteiger partial charge in [-0.25, -0.2) is 4.98 Å². The molecule has 3 nitrogen and oxygen atoms in total. The Balaban J connectivity index is 3.05. The second-order valence-corrected chi connectivity index (χ2v) is 15.5. The molecule has 0 spiro atoms. The molecule has 0 N–H and O–H groups in total. The molecule has 0 bridgehead atoms. The summed E-state index contributed by atoms with van der Waals surface area (Å²) in [7, 11) is -3.26. The molecule has 5 heteroatoms. The van der Waals surface area contributed by atoms with E-state index in [0.717, 1.165) is 11.7 Å². The van der Waals surface area contributed by atoms with E-state index in [9.17, 15) is 0 Å². The van der Waals surface area contributed by atoms with Gasteiger partial charge in [0.1, 0.15) is 5.82 Å². The molecule has 0 aromatic carbocycles. The molecule has 18 heavy (non-hydrogen) atoms. The van der Waals surface area contributed by atoms with E-state index < -0.39 is 16.6 Å². The van der Waals surface area contributed by atoms with Crippen LogP contribution in [0.2, 0.25) is 39.3 Å². The molecule has 0 radical (unpaired) electrons. The molecular weight excluding hydrogens is 256 g/mol. The first kappa shape index (κ1) is 15.0. The van der Waals surface area contributed by atoms with Gasteiger partial charge < -0.3 is 8.99 Å². The van der Waals surface area contributed by atoms with E-state index in [1.165, 1.54) is 0 Å². The summed E-state index contributed by atoms with van der Waals surface area (Å²) in [6.45, 7) is 17.4. The lowest BCUT2D eigenvalue weighted by molar-refractivity contribution is 0.418. The van der Waals surface area contributed by atoms with Crippen LogP contribution >= 0.6 is 0 Å². The van der Waals surface area contributed by atoms with Gasteiger partial charge in [-0.3, -0.25) is 0 Å². The van der Waals surface area contributed by atoms with E-state index >= 15 is 0 Å². The van der Waals surface area contributed by atoms with Gasteiger partial charge in [0.05, 0.1) is 0 Å². The molecule has 0 aliphatic carbocycles. The molecular formula is C13H24N2OSi2. The average molecular weight is 281 g/mol. The fourth-order valence-electron chi connectivity index (χ4n) is 1.73. The van der Waals surface area contributed by atoms with Crippen LogP contribution in [-0.2, 0) is 4.43 Å². The van der Waals surface area contributed by atoms with E-state index in [0.29, 0.717) is 0 Å². The summed E-state index contributed by atoms with van der Waals surface area (Å²) in [5, 5.41) is 0. The Hall–Kier alpha value is -1.08. The zero-order chi connectivity index (χ0) is 14.0. The number of aromatic nitrogens is 1. The Morgan fingerprint density at radius 2 is 1.78 bits per heavy atom. The topological polar surface area (TPSA) is 25.4 Å². The van der Waals surface area contributed by atoms with Crippen LogP contribution < -0.4 is 4.57 Å². The van der Waals surface area contributed by atoms with Crippen LogP contribution in [0.25, 0.3) is 0 Å². The van der Waals surface area contributed by atoms with Crippen molar-refractivity contribution in [3.63, 3.8) is 0 Å². The molecule has 100 valence electrons. The molecule has 1 heterocycles. The lowest BCUT2D eigenvalue weighted by Gasteiger charge is -2.38. The molecule has 0 amide bonds. The predicted molar refractivity (Wildman–Crippen MR) is 83.6 cm³/mol. The third-order valence-corrected chi connectivity index (χ3v) is 4.89. The molecule has 0 aliphatic heterocycles. The highest BCUT2D eigenvalue weighted by Crippen LogP contribution is 2.25. The van der Waals surface area contributed by atoms with E-state index in [1.807, 2.05) is 24.4 Å². The summed E-state index contributed by atoms with van der Waals surface area (Å²) in [5.74, 6) is 1.67. The second-order valence-electron chi connectivity index (χ2n) is 6.30. The molecule has 0 aliphatic rings.